The van der Waals surface area contributed by atoms with E-state index < -0.39 is 15.1 Å². The number of primary amides is 1. The molecule has 0 aliphatic carbocycles. The number of nitrogens with zero attached hydrogens (tertiary/aromatic N) is 3. The van der Waals surface area contributed by atoms with Crippen LogP contribution < -0.4 is 26.4 Å². The number of benzene rings is 2. The first-order chi connectivity index (χ1) is 26.2. The number of amides is 2. The molecule has 302 valence electrons. The molecule has 55 heavy (non-hydrogen) atoms. The lowest BCUT2D eigenvalue weighted by molar-refractivity contribution is -0.122. The zero-order valence-electron chi connectivity index (χ0n) is 33.1. The van der Waals surface area contributed by atoms with Gasteiger partial charge in [-0.05, 0) is 115 Å². The number of unbranched alkanes of at least 4 members (excludes halogenated alkanes) is 7. The van der Waals surface area contributed by atoms with Crippen LogP contribution >= 0.6 is 11.6 Å². The average molecular weight is 798 g/mol. The van der Waals surface area contributed by atoms with Crippen LogP contribution in [0.25, 0.3) is 0 Å². The van der Waals surface area contributed by atoms with Crippen LogP contribution in [0.3, 0.4) is 0 Å². The fourth-order valence-corrected chi connectivity index (χ4v) is 8.14. The topological polar surface area (TPSA) is 169 Å². The maximum Gasteiger partial charge on any atom is 0.234 e. The van der Waals surface area contributed by atoms with Crippen LogP contribution in [-0.4, -0.2) is 72.6 Å². The van der Waals surface area contributed by atoms with Gasteiger partial charge in [-0.25, -0.2) is 13.4 Å². The number of halogens is 1. The summed E-state index contributed by atoms with van der Waals surface area (Å²) >= 11 is 6.49. The number of rotatable bonds is 22. The Morgan fingerprint density at radius 3 is 2.25 bits per heavy atom. The first kappa shape index (κ1) is 43.8. The minimum Gasteiger partial charge on any atom is -0.489 e. The van der Waals surface area contributed by atoms with Gasteiger partial charge in [0.2, 0.25) is 17.8 Å². The third-order valence-corrected chi connectivity index (χ3v) is 12.3. The number of sulfone groups is 1. The maximum absolute atomic E-state index is 13.0. The van der Waals surface area contributed by atoms with E-state index >= 15 is 0 Å². The van der Waals surface area contributed by atoms with E-state index in [1.165, 1.54) is 24.6 Å². The van der Waals surface area contributed by atoms with Crippen LogP contribution in [0, 0.1) is 6.92 Å². The predicted octanol–water partition coefficient (Wildman–Crippen LogP) is 8.19. The summed E-state index contributed by atoms with van der Waals surface area (Å²) in [5.41, 5.74) is 8.60. The molecule has 2 amide bonds. The molecule has 0 radical (unpaired) electrons. The van der Waals surface area contributed by atoms with Crippen LogP contribution in [0.4, 0.5) is 23.1 Å². The van der Waals surface area contributed by atoms with Gasteiger partial charge in [-0.3, -0.25) is 14.5 Å². The monoisotopic (exact) mass is 797 g/mol. The van der Waals surface area contributed by atoms with Gasteiger partial charge in [0.25, 0.3) is 0 Å². The Kier molecular flexibility index (Phi) is 17.0. The first-order valence-electron chi connectivity index (χ1n) is 19.7. The largest absolute Gasteiger partial charge is 0.489 e. The van der Waals surface area contributed by atoms with Crippen molar-refractivity contribution >= 4 is 56.4 Å². The molecule has 3 aromatic rings. The van der Waals surface area contributed by atoms with E-state index in [1.807, 2.05) is 13.8 Å². The summed E-state index contributed by atoms with van der Waals surface area (Å²) in [5, 5.41) is 9.16. The van der Waals surface area contributed by atoms with E-state index in [4.69, 9.17) is 22.1 Å². The summed E-state index contributed by atoms with van der Waals surface area (Å²) < 4.78 is 32.4. The van der Waals surface area contributed by atoms with Crippen molar-refractivity contribution in [1.29, 1.82) is 0 Å². The van der Waals surface area contributed by atoms with Crippen molar-refractivity contribution in [2.24, 2.45) is 5.73 Å². The van der Waals surface area contributed by atoms with E-state index in [1.54, 1.807) is 38.1 Å². The molecule has 0 saturated carbocycles. The minimum atomic E-state index is -3.56. The molecule has 2 aromatic carbocycles. The summed E-state index contributed by atoms with van der Waals surface area (Å²) in [6.07, 6.45) is 12.5. The number of anilines is 4. The number of nitrogens with one attached hydrogen (secondary N) is 3. The number of piperidine rings is 1. The highest BCUT2D eigenvalue weighted by Gasteiger charge is 2.26. The van der Waals surface area contributed by atoms with Crippen LogP contribution in [0.1, 0.15) is 115 Å². The van der Waals surface area contributed by atoms with Gasteiger partial charge in [-0.1, -0.05) is 62.3 Å². The number of hydrogen-bond acceptors (Lipinski definition) is 10. The highest BCUT2D eigenvalue weighted by molar-refractivity contribution is 7.92. The zero-order valence-corrected chi connectivity index (χ0v) is 34.7. The average Bonchev–Trinajstić information content (AvgIpc) is 3.13. The third-order valence-electron chi connectivity index (χ3n) is 9.86. The number of para-hydroxylation sites is 1. The quantitative estimate of drug-likeness (QED) is 0.0728. The normalized spacial score (nSPS) is 14.0. The highest BCUT2D eigenvalue weighted by Crippen LogP contribution is 2.38. The number of aryl methyl sites for hydroxylation is 1. The second-order valence-electron chi connectivity index (χ2n) is 15.0. The van der Waals surface area contributed by atoms with Gasteiger partial charge in [-0.2, -0.15) is 4.98 Å². The van der Waals surface area contributed by atoms with Gasteiger partial charge >= 0.3 is 0 Å². The molecule has 12 nitrogen and oxygen atoms in total. The summed E-state index contributed by atoms with van der Waals surface area (Å²) in [6, 6.07) is 10.9. The van der Waals surface area contributed by atoms with Crippen molar-refractivity contribution in [2.45, 2.75) is 127 Å². The molecule has 1 aliphatic rings. The molecule has 1 saturated heterocycles. The summed E-state index contributed by atoms with van der Waals surface area (Å²) in [6.45, 7) is 12.2. The molecule has 1 fully saturated rings. The van der Waals surface area contributed by atoms with Crippen LogP contribution in [0.15, 0.2) is 47.5 Å². The number of aromatic nitrogens is 2. The molecule has 14 heteroatoms. The summed E-state index contributed by atoms with van der Waals surface area (Å²) in [4.78, 5) is 34.9. The summed E-state index contributed by atoms with van der Waals surface area (Å²) in [7, 11) is -3.56. The molecule has 0 spiro atoms. The Hall–Kier alpha value is -3.94. The van der Waals surface area contributed by atoms with Gasteiger partial charge in [0, 0.05) is 13.0 Å². The molecule has 2 heterocycles. The van der Waals surface area contributed by atoms with Crippen molar-refractivity contribution in [2.75, 3.05) is 36.8 Å². The molecular formula is C41H60ClN7O5S. The van der Waals surface area contributed by atoms with Gasteiger partial charge in [0.1, 0.15) is 10.8 Å². The highest BCUT2D eigenvalue weighted by atomic mass is 35.5. The second-order valence-corrected chi connectivity index (χ2v) is 17.9. The predicted molar refractivity (Wildman–Crippen MR) is 221 cm³/mol. The summed E-state index contributed by atoms with van der Waals surface area (Å²) in [5.74, 6) is 1.41. The Morgan fingerprint density at radius 2 is 1.60 bits per heavy atom. The van der Waals surface area contributed by atoms with Gasteiger partial charge in [0.15, 0.2) is 15.7 Å². The minimum absolute atomic E-state index is 0.0788. The number of ether oxygens (including phenoxy) is 1. The van der Waals surface area contributed by atoms with Gasteiger partial charge in [0.05, 0.1) is 40.4 Å². The number of carbonyl (C=O) groups excluding carboxylic acids is 2. The lowest BCUT2D eigenvalue weighted by Gasteiger charge is -2.33. The van der Waals surface area contributed by atoms with Crippen molar-refractivity contribution < 1.29 is 22.7 Å². The van der Waals surface area contributed by atoms with Crippen LogP contribution in [-0.2, 0) is 19.4 Å². The zero-order chi connectivity index (χ0) is 40.0. The van der Waals surface area contributed by atoms with Gasteiger partial charge in [-0.15, -0.1) is 0 Å². The molecule has 1 aliphatic heterocycles. The fraction of sp³-hybridized carbons (Fsp3) is 0.561. The van der Waals surface area contributed by atoms with Crippen LogP contribution in [0.2, 0.25) is 5.02 Å². The SMILES string of the molecule is Cc1cc(Nc2ncc(Cl)c(Nc3ccccc3S(=O)(=O)C(C)C)n2)c(OC(C)C)cc1C1CCN(CC(=O)NCCCCCCCCCCC(N)=O)CC1. The van der Waals surface area contributed by atoms with Crippen molar-refractivity contribution in [1.82, 2.24) is 20.2 Å². The molecule has 4 rings (SSSR count). The van der Waals surface area contributed by atoms with Gasteiger partial charge < -0.3 is 26.4 Å². The molecule has 0 unspecified atom stereocenters. The third kappa shape index (κ3) is 13.6. The van der Waals surface area contributed by atoms with E-state index in [9.17, 15) is 18.0 Å². The van der Waals surface area contributed by atoms with Crippen LogP contribution in [0.5, 0.6) is 5.75 Å². The first-order valence-corrected chi connectivity index (χ1v) is 21.6. The second kappa shape index (κ2) is 21.4. The number of likely N-dealkylation sites (tertiary alicyclic amines) is 1. The lowest BCUT2D eigenvalue weighted by Crippen LogP contribution is -2.41. The maximum atomic E-state index is 13.0. The Morgan fingerprint density at radius 1 is 0.945 bits per heavy atom. The van der Waals surface area contributed by atoms with Crippen molar-refractivity contribution in [3.8, 4) is 5.75 Å². The van der Waals surface area contributed by atoms with E-state index in [0.717, 1.165) is 70.0 Å². The number of carbonyl (C=O) groups is 2. The Bertz CT molecular complexity index is 1830. The molecular weight excluding hydrogens is 738 g/mol. The smallest absolute Gasteiger partial charge is 0.234 e. The molecule has 0 bridgehead atoms. The Balaban J connectivity index is 1.31. The van der Waals surface area contributed by atoms with E-state index in [-0.39, 0.29) is 39.6 Å². The lowest BCUT2D eigenvalue weighted by atomic mass is 9.86. The van der Waals surface area contributed by atoms with E-state index in [0.29, 0.717) is 42.6 Å². The molecule has 5 N–H and O–H groups in total. The number of nitrogens with two attached hydrogens (primary N) is 1. The van der Waals surface area contributed by atoms with Crippen molar-refractivity contribution in [3.05, 3.63) is 58.7 Å². The standard InChI is InChI=1S/C41H60ClN7O5S/c1-28(2)54-36-25-32(31-19-22-49(23-20-31)27-39(51)44-21-15-11-9-7-6-8-10-12-18-38(43)50)30(5)24-35(36)47-41-45-26-33(42)40(48-41)46-34-16-13-14-17-37(34)55(52,53)29(3)4/h13-14,16-17,24-26,28-29,31H,6-12,15,18-23,27H2,1-5H3,(H2,43,50)(H,44,51)(H2,45,46,47,48). The van der Waals surface area contributed by atoms with E-state index in [2.05, 4.69) is 49.9 Å². The number of hydrogen-bond donors (Lipinski definition) is 4. The molecule has 1 aromatic heterocycles. The van der Waals surface area contributed by atoms with Crippen molar-refractivity contribution in [3.63, 3.8) is 0 Å². The Labute approximate surface area is 332 Å². The molecule has 0 atom stereocenters. The fourth-order valence-electron chi connectivity index (χ4n) is 6.80.